The van der Waals surface area contributed by atoms with Crippen molar-refractivity contribution in [3.05, 3.63) is 17.7 Å². The molecule has 1 aromatic carbocycles. The standard InChI is InChI=1S/C9H7N3OS/c1-5-2-3-6-8(11-14-10-6)9(5)12-4-7(12)13/h2-3H,4H2,1H3. The monoisotopic (exact) mass is 205 g/mol. The Labute approximate surface area is 84.5 Å². The summed E-state index contributed by atoms with van der Waals surface area (Å²) in [6, 6.07) is 3.91. The van der Waals surface area contributed by atoms with Crippen LogP contribution in [0.1, 0.15) is 5.56 Å². The van der Waals surface area contributed by atoms with Crippen LogP contribution in [0.2, 0.25) is 0 Å². The molecule has 0 N–H and O–H groups in total. The average Bonchev–Trinajstić information content (AvgIpc) is 2.70. The van der Waals surface area contributed by atoms with Gasteiger partial charge in [-0.25, -0.2) is 0 Å². The van der Waals surface area contributed by atoms with Crippen LogP contribution in [0.4, 0.5) is 5.69 Å². The predicted molar refractivity (Wildman–Crippen MR) is 54.5 cm³/mol. The van der Waals surface area contributed by atoms with E-state index in [-0.39, 0.29) is 5.91 Å². The summed E-state index contributed by atoms with van der Waals surface area (Å²) in [5, 5.41) is 0. The smallest absolute Gasteiger partial charge is 0.247 e. The second-order valence-electron chi connectivity index (χ2n) is 3.34. The molecular formula is C9H7N3OS. The Bertz CT molecular complexity index is 534. The molecule has 1 aliphatic rings. The van der Waals surface area contributed by atoms with Gasteiger partial charge in [-0.05, 0) is 18.6 Å². The van der Waals surface area contributed by atoms with E-state index in [0.717, 1.165) is 22.3 Å². The Hall–Kier alpha value is -1.49. The van der Waals surface area contributed by atoms with Crippen molar-refractivity contribution in [1.82, 2.24) is 8.75 Å². The van der Waals surface area contributed by atoms with Crippen LogP contribution in [-0.4, -0.2) is 21.2 Å². The van der Waals surface area contributed by atoms with E-state index in [1.54, 1.807) is 4.90 Å². The van der Waals surface area contributed by atoms with Crippen LogP contribution in [0.15, 0.2) is 12.1 Å². The summed E-state index contributed by atoms with van der Waals surface area (Å²) in [6.07, 6.45) is 0. The van der Waals surface area contributed by atoms with Gasteiger partial charge < -0.3 is 0 Å². The summed E-state index contributed by atoms with van der Waals surface area (Å²) in [4.78, 5) is 12.8. The third kappa shape index (κ3) is 0.957. The van der Waals surface area contributed by atoms with Gasteiger partial charge in [-0.3, -0.25) is 9.69 Å². The van der Waals surface area contributed by atoms with Crippen molar-refractivity contribution in [3.8, 4) is 0 Å². The highest BCUT2D eigenvalue weighted by Gasteiger charge is 2.34. The number of fused-ring (bicyclic) bond motifs is 1. The third-order valence-electron chi connectivity index (χ3n) is 2.36. The predicted octanol–water partition coefficient (Wildman–Crippen LogP) is 1.35. The lowest BCUT2D eigenvalue weighted by Gasteiger charge is -2.04. The van der Waals surface area contributed by atoms with Crippen molar-refractivity contribution < 1.29 is 4.79 Å². The first-order valence-electron chi connectivity index (χ1n) is 4.29. The molecule has 0 atom stereocenters. The van der Waals surface area contributed by atoms with Crippen LogP contribution in [-0.2, 0) is 4.79 Å². The van der Waals surface area contributed by atoms with Crippen LogP contribution >= 0.6 is 11.7 Å². The van der Waals surface area contributed by atoms with E-state index in [4.69, 9.17) is 0 Å². The first kappa shape index (κ1) is 7.87. The summed E-state index contributed by atoms with van der Waals surface area (Å²) >= 11 is 1.18. The van der Waals surface area contributed by atoms with E-state index in [1.165, 1.54) is 11.7 Å². The molecule has 2 aromatic rings. The molecule has 0 aliphatic carbocycles. The largest absolute Gasteiger partial charge is 0.299 e. The minimum Gasteiger partial charge on any atom is -0.299 e. The number of benzene rings is 1. The number of aryl methyl sites for hydroxylation is 1. The molecule has 1 amide bonds. The quantitative estimate of drug-likeness (QED) is 0.660. The molecule has 1 fully saturated rings. The van der Waals surface area contributed by atoms with Gasteiger partial charge >= 0.3 is 0 Å². The molecule has 0 bridgehead atoms. The second kappa shape index (κ2) is 2.51. The van der Waals surface area contributed by atoms with Crippen LogP contribution in [0.25, 0.3) is 11.0 Å². The Balaban J connectivity index is 2.32. The van der Waals surface area contributed by atoms with Crippen LogP contribution in [0, 0.1) is 6.92 Å². The number of rotatable bonds is 1. The van der Waals surface area contributed by atoms with Crippen molar-refractivity contribution in [3.63, 3.8) is 0 Å². The molecule has 5 heteroatoms. The number of carbonyl (C=O) groups is 1. The summed E-state index contributed by atoms with van der Waals surface area (Å²) in [5.41, 5.74) is 3.73. The molecule has 2 heterocycles. The van der Waals surface area contributed by atoms with E-state index in [1.807, 2.05) is 19.1 Å². The minimum absolute atomic E-state index is 0.161. The first-order chi connectivity index (χ1) is 6.77. The number of anilines is 1. The van der Waals surface area contributed by atoms with Gasteiger partial charge in [0.15, 0.2) is 0 Å². The number of nitrogens with zero attached hydrogens (tertiary/aromatic N) is 3. The summed E-state index contributed by atoms with van der Waals surface area (Å²) in [7, 11) is 0. The second-order valence-corrected chi connectivity index (χ2v) is 3.87. The Morgan fingerprint density at radius 3 is 2.93 bits per heavy atom. The van der Waals surface area contributed by atoms with Gasteiger partial charge in [0.2, 0.25) is 5.91 Å². The molecule has 1 aromatic heterocycles. The van der Waals surface area contributed by atoms with Crippen LogP contribution < -0.4 is 4.90 Å². The van der Waals surface area contributed by atoms with E-state index in [2.05, 4.69) is 8.75 Å². The summed E-state index contributed by atoms with van der Waals surface area (Å²) in [5.74, 6) is 0.161. The van der Waals surface area contributed by atoms with E-state index in [0.29, 0.717) is 6.54 Å². The number of aromatic nitrogens is 2. The topological polar surface area (TPSA) is 45.9 Å². The summed E-state index contributed by atoms with van der Waals surface area (Å²) in [6.45, 7) is 2.50. The zero-order valence-corrected chi connectivity index (χ0v) is 8.34. The van der Waals surface area contributed by atoms with Crippen LogP contribution in [0.3, 0.4) is 0 Å². The SMILES string of the molecule is Cc1ccc2nsnc2c1N1CC1=O. The molecule has 1 saturated heterocycles. The number of amides is 1. The zero-order valence-electron chi connectivity index (χ0n) is 7.52. The fourth-order valence-corrected chi connectivity index (χ4v) is 2.12. The molecule has 4 nitrogen and oxygen atoms in total. The minimum atomic E-state index is 0.161. The Morgan fingerprint density at radius 2 is 2.21 bits per heavy atom. The van der Waals surface area contributed by atoms with E-state index < -0.39 is 0 Å². The van der Waals surface area contributed by atoms with Crippen molar-refractivity contribution in [2.24, 2.45) is 0 Å². The lowest BCUT2D eigenvalue weighted by Crippen LogP contribution is -1.97. The van der Waals surface area contributed by atoms with Gasteiger partial charge in [0.25, 0.3) is 0 Å². The van der Waals surface area contributed by atoms with Gasteiger partial charge in [0, 0.05) is 0 Å². The third-order valence-corrected chi connectivity index (χ3v) is 2.91. The molecule has 14 heavy (non-hydrogen) atoms. The van der Waals surface area contributed by atoms with E-state index >= 15 is 0 Å². The zero-order chi connectivity index (χ0) is 9.71. The highest BCUT2D eigenvalue weighted by Crippen LogP contribution is 2.33. The fraction of sp³-hybridized carbons (Fsp3) is 0.222. The van der Waals surface area contributed by atoms with Gasteiger partial charge in [-0.15, -0.1) is 0 Å². The van der Waals surface area contributed by atoms with Gasteiger partial charge in [0.05, 0.1) is 17.4 Å². The molecular weight excluding hydrogens is 198 g/mol. The lowest BCUT2D eigenvalue weighted by atomic mass is 10.1. The van der Waals surface area contributed by atoms with Crippen molar-refractivity contribution in [1.29, 1.82) is 0 Å². The number of hydrogen-bond donors (Lipinski definition) is 0. The van der Waals surface area contributed by atoms with Crippen molar-refractivity contribution >= 4 is 34.4 Å². The fourth-order valence-electron chi connectivity index (χ4n) is 1.58. The normalized spacial score (nSPS) is 15.2. The molecule has 0 spiro atoms. The lowest BCUT2D eigenvalue weighted by molar-refractivity contribution is -0.109. The highest BCUT2D eigenvalue weighted by atomic mass is 32.1. The molecule has 3 rings (SSSR count). The summed E-state index contributed by atoms with van der Waals surface area (Å²) < 4.78 is 8.36. The average molecular weight is 205 g/mol. The molecule has 0 unspecified atom stereocenters. The molecule has 1 aliphatic heterocycles. The van der Waals surface area contributed by atoms with Crippen molar-refractivity contribution in [2.75, 3.05) is 11.4 Å². The maximum Gasteiger partial charge on any atom is 0.247 e. The molecule has 70 valence electrons. The maximum atomic E-state index is 11.1. The number of hydrogen-bond acceptors (Lipinski definition) is 4. The Morgan fingerprint density at radius 1 is 1.43 bits per heavy atom. The van der Waals surface area contributed by atoms with Crippen LogP contribution in [0.5, 0.6) is 0 Å². The first-order valence-corrected chi connectivity index (χ1v) is 5.02. The molecule has 0 radical (unpaired) electrons. The van der Waals surface area contributed by atoms with Gasteiger partial charge in [0.1, 0.15) is 17.6 Å². The molecule has 0 saturated carbocycles. The maximum absolute atomic E-state index is 11.1. The number of carbonyl (C=O) groups excluding carboxylic acids is 1. The van der Waals surface area contributed by atoms with E-state index in [9.17, 15) is 4.79 Å². The van der Waals surface area contributed by atoms with Gasteiger partial charge in [-0.1, -0.05) is 6.07 Å². The Kier molecular flexibility index (Phi) is 1.41. The van der Waals surface area contributed by atoms with Gasteiger partial charge in [-0.2, -0.15) is 8.75 Å². The highest BCUT2D eigenvalue weighted by molar-refractivity contribution is 7.00. The van der Waals surface area contributed by atoms with Crippen molar-refractivity contribution in [2.45, 2.75) is 6.92 Å².